The van der Waals surface area contributed by atoms with E-state index < -0.39 is 23.5 Å². The first kappa shape index (κ1) is 19.6. The maximum absolute atomic E-state index is 13.1. The van der Waals surface area contributed by atoms with Gasteiger partial charge in [0.2, 0.25) is 5.78 Å². The van der Waals surface area contributed by atoms with Gasteiger partial charge in [-0.1, -0.05) is 13.8 Å². The zero-order valence-electron chi connectivity index (χ0n) is 15.2. The standard InChI is InChI=1S/C20H17F3N2O3/c1-3-11-7-8-24-15(9-11)18(27)17-19(28-16(26)4-2)13-10-12(20(21,22)23)5-6-14(13)25-17/h5-10,25H,3-4H2,1-2H3. The highest BCUT2D eigenvalue weighted by Gasteiger charge is 2.32. The Kier molecular flexibility index (Phi) is 5.22. The number of nitrogens with one attached hydrogen (secondary N) is 1. The number of rotatable bonds is 5. The van der Waals surface area contributed by atoms with E-state index in [-0.39, 0.29) is 34.5 Å². The molecule has 2 aromatic heterocycles. The number of halogens is 3. The molecule has 0 fully saturated rings. The van der Waals surface area contributed by atoms with E-state index in [1.54, 1.807) is 19.1 Å². The molecule has 0 saturated carbocycles. The van der Waals surface area contributed by atoms with Crippen LogP contribution in [0.4, 0.5) is 13.2 Å². The van der Waals surface area contributed by atoms with Gasteiger partial charge in [0.05, 0.1) is 5.56 Å². The number of nitrogens with zero attached hydrogens (tertiary/aromatic N) is 1. The number of hydrogen-bond donors (Lipinski definition) is 1. The number of hydrogen-bond acceptors (Lipinski definition) is 4. The first-order chi connectivity index (χ1) is 13.2. The van der Waals surface area contributed by atoms with Crippen molar-refractivity contribution < 1.29 is 27.5 Å². The molecule has 0 aliphatic heterocycles. The van der Waals surface area contributed by atoms with Gasteiger partial charge >= 0.3 is 12.1 Å². The molecule has 0 saturated heterocycles. The van der Waals surface area contributed by atoms with Crippen LogP contribution >= 0.6 is 0 Å². The highest BCUT2D eigenvalue weighted by atomic mass is 19.4. The molecule has 8 heteroatoms. The summed E-state index contributed by atoms with van der Waals surface area (Å²) >= 11 is 0. The molecular formula is C20H17F3N2O3. The summed E-state index contributed by atoms with van der Waals surface area (Å²) in [4.78, 5) is 31.6. The second-order valence-corrected chi connectivity index (χ2v) is 6.15. The van der Waals surface area contributed by atoms with Crippen LogP contribution in [0.25, 0.3) is 10.9 Å². The van der Waals surface area contributed by atoms with Crippen molar-refractivity contribution in [3.63, 3.8) is 0 Å². The molecular weight excluding hydrogens is 373 g/mol. The molecule has 0 aliphatic rings. The summed E-state index contributed by atoms with van der Waals surface area (Å²) in [5.74, 6) is -1.46. The molecule has 28 heavy (non-hydrogen) atoms. The van der Waals surface area contributed by atoms with Crippen LogP contribution in [-0.2, 0) is 17.4 Å². The summed E-state index contributed by atoms with van der Waals surface area (Å²) in [5.41, 5.74) is 0.216. The number of esters is 1. The van der Waals surface area contributed by atoms with Crippen LogP contribution in [0.3, 0.4) is 0 Å². The fourth-order valence-corrected chi connectivity index (χ4v) is 2.74. The first-order valence-electron chi connectivity index (χ1n) is 8.67. The summed E-state index contributed by atoms with van der Waals surface area (Å²) in [7, 11) is 0. The molecule has 3 aromatic rings. The molecule has 3 rings (SSSR count). The van der Waals surface area contributed by atoms with Gasteiger partial charge in [-0.25, -0.2) is 0 Å². The lowest BCUT2D eigenvalue weighted by molar-refractivity contribution is -0.137. The van der Waals surface area contributed by atoms with Crippen LogP contribution in [0.2, 0.25) is 0 Å². The van der Waals surface area contributed by atoms with E-state index in [2.05, 4.69) is 9.97 Å². The van der Waals surface area contributed by atoms with Crippen LogP contribution in [0.5, 0.6) is 5.75 Å². The van der Waals surface area contributed by atoms with Crippen LogP contribution in [0, 0.1) is 0 Å². The normalized spacial score (nSPS) is 11.6. The average molecular weight is 390 g/mol. The van der Waals surface area contributed by atoms with Gasteiger partial charge in [-0.2, -0.15) is 13.2 Å². The number of benzene rings is 1. The quantitative estimate of drug-likeness (QED) is 0.507. The van der Waals surface area contributed by atoms with E-state index in [4.69, 9.17) is 4.74 Å². The zero-order valence-corrected chi connectivity index (χ0v) is 15.2. The molecule has 0 amide bonds. The molecule has 0 radical (unpaired) electrons. The van der Waals surface area contributed by atoms with Crippen molar-refractivity contribution in [1.29, 1.82) is 0 Å². The topological polar surface area (TPSA) is 72.1 Å². The molecule has 2 heterocycles. The lowest BCUT2D eigenvalue weighted by Gasteiger charge is -2.08. The number of H-pyrrole nitrogens is 1. The minimum atomic E-state index is -4.57. The van der Waals surface area contributed by atoms with Gasteiger partial charge in [0.25, 0.3) is 0 Å². The number of carbonyl (C=O) groups excluding carboxylic acids is 2. The molecule has 0 atom stereocenters. The van der Waals surface area contributed by atoms with E-state index in [1.807, 2.05) is 6.92 Å². The number of ketones is 1. The third-order valence-corrected chi connectivity index (χ3v) is 4.28. The van der Waals surface area contributed by atoms with E-state index in [0.29, 0.717) is 6.42 Å². The number of aromatic amines is 1. The van der Waals surface area contributed by atoms with Gasteiger partial charge < -0.3 is 9.72 Å². The van der Waals surface area contributed by atoms with Gasteiger partial charge in [0.1, 0.15) is 11.4 Å². The Balaban J connectivity index is 2.18. The Morgan fingerprint density at radius 3 is 2.54 bits per heavy atom. The molecule has 146 valence electrons. The maximum Gasteiger partial charge on any atom is 0.416 e. The van der Waals surface area contributed by atoms with E-state index in [0.717, 1.165) is 17.7 Å². The van der Waals surface area contributed by atoms with Crippen LogP contribution in [0.15, 0.2) is 36.5 Å². The summed E-state index contributed by atoms with van der Waals surface area (Å²) in [6.07, 6.45) is -2.40. The van der Waals surface area contributed by atoms with Crippen molar-refractivity contribution in [2.24, 2.45) is 0 Å². The Bertz CT molecular complexity index is 1050. The molecule has 0 unspecified atom stereocenters. The monoisotopic (exact) mass is 390 g/mol. The number of alkyl halides is 3. The number of pyridine rings is 1. The van der Waals surface area contributed by atoms with Crippen LogP contribution in [-0.4, -0.2) is 21.7 Å². The van der Waals surface area contributed by atoms with E-state index in [9.17, 15) is 22.8 Å². The van der Waals surface area contributed by atoms with Gasteiger partial charge in [-0.15, -0.1) is 0 Å². The molecule has 1 aromatic carbocycles. The van der Waals surface area contributed by atoms with Gasteiger partial charge in [0.15, 0.2) is 5.75 Å². The second kappa shape index (κ2) is 7.46. The summed E-state index contributed by atoms with van der Waals surface area (Å²) in [6.45, 7) is 3.46. The number of ether oxygens (including phenoxy) is 1. The minimum Gasteiger partial charge on any atom is -0.423 e. The SMILES string of the molecule is CCC(=O)Oc1c(C(=O)c2cc(CC)ccn2)[nH]c2ccc(C(F)(F)F)cc12. The van der Waals surface area contributed by atoms with Crippen molar-refractivity contribution >= 4 is 22.7 Å². The van der Waals surface area contributed by atoms with E-state index >= 15 is 0 Å². The summed E-state index contributed by atoms with van der Waals surface area (Å²) < 4.78 is 44.5. The van der Waals surface area contributed by atoms with Crippen molar-refractivity contribution in [2.45, 2.75) is 32.9 Å². The third-order valence-electron chi connectivity index (χ3n) is 4.28. The van der Waals surface area contributed by atoms with Crippen LogP contribution < -0.4 is 4.74 Å². The number of aryl methyl sites for hydroxylation is 1. The maximum atomic E-state index is 13.1. The predicted octanol–water partition coefficient (Wildman–Crippen LogP) is 4.69. The summed E-state index contributed by atoms with van der Waals surface area (Å²) in [5, 5.41) is 0.00613. The van der Waals surface area contributed by atoms with Gasteiger partial charge in [0, 0.05) is 23.5 Å². The van der Waals surface area contributed by atoms with Crippen LogP contribution in [0.1, 0.15) is 47.6 Å². The first-order valence-corrected chi connectivity index (χ1v) is 8.67. The molecule has 1 N–H and O–H groups in total. The lowest BCUT2D eigenvalue weighted by Crippen LogP contribution is -2.11. The number of aromatic nitrogens is 2. The number of carbonyl (C=O) groups is 2. The minimum absolute atomic E-state index is 0.00281. The highest BCUT2D eigenvalue weighted by molar-refractivity contribution is 6.13. The Labute approximate surface area is 158 Å². The van der Waals surface area contributed by atoms with Crippen molar-refractivity contribution in [3.05, 3.63) is 59.0 Å². The number of fused-ring (bicyclic) bond motifs is 1. The highest BCUT2D eigenvalue weighted by Crippen LogP contribution is 2.37. The fraction of sp³-hybridized carbons (Fsp3) is 0.250. The molecule has 0 bridgehead atoms. The summed E-state index contributed by atoms with van der Waals surface area (Å²) in [6, 6.07) is 6.31. The molecule has 0 aliphatic carbocycles. The predicted molar refractivity (Wildman–Crippen MR) is 96.3 cm³/mol. The van der Waals surface area contributed by atoms with Crippen molar-refractivity contribution in [2.75, 3.05) is 0 Å². The average Bonchev–Trinajstić information content (AvgIpc) is 3.04. The van der Waals surface area contributed by atoms with Crippen molar-refractivity contribution in [3.8, 4) is 5.75 Å². The fourth-order valence-electron chi connectivity index (χ4n) is 2.74. The van der Waals surface area contributed by atoms with Crippen molar-refractivity contribution in [1.82, 2.24) is 9.97 Å². The zero-order chi connectivity index (χ0) is 20.5. The Morgan fingerprint density at radius 1 is 1.14 bits per heavy atom. The molecule has 5 nitrogen and oxygen atoms in total. The Hall–Kier alpha value is -3.16. The lowest BCUT2D eigenvalue weighted by atomic mass is 10.1. The smallest absolute Gasteiger partial charge is 0.416 e. The molecule has 0 spiro atoms. The van der Waals surface area contributed by atoms with Gasteiger partial charge in [-0.05, 0) is 42.3 Å². The largest absolute Gasteiger partial charge is 0.423 e. The van der Waals surface area contributed by atoms with Gasteiger partial charge in [-0.3, -0.25) is 14.6 Å². The van der Waals surface area contributed by atoms with E-state index in [1.165, 1.54) is 12.3 Å². The Morgan fingerprint density at radius 2 is 1.89 bits per heavy atom. The second-order valence-electron chi connectivity index (χ2n) is 6.15. The third kappa shape index (κ3) is 3.76.